The molecule has 0 spiro atoms. The fourth-order valence-corrected chi connectivity index (χ4v) is 2.68. The Morgan fingerprint density at radius 3 is 2.28 bits per heavy atom. The summed E-state index contributed by atoms with van der Waals surface area (Å²) in [7, 11) is 0. The van der Waals surface area contributed by atoms with Gasteiger partial charge in [-0.05, 0) is 25.0 Å². The van der Waals surface area contributed by atoms with Crippen molar-refractivity contribution in [3.05, 3.63) is 35.5 Å². The molecule has 2 aliphatic rings. The van der Waals surface area contributed by atoms with Gasteiger partial charge >= 0.3 is 18.4 Å². The summed E-state index contributed by atoms with van der Waals surface area (Å²) in [5.74, 6) is 0. The number of nitrogens with two attached hydrogens (primary N) is 1. The quantitative estimate of drug-likeness (QED) is 0.517. The molecule has 0 bridgehead atoms. The lowest BCUT2D eigenvalue weighted by molar-refractivity contribution is -0.0993. The molecule has 2 amide bonds. The lowest BCUT2D eigenvalue weighted by Gasteiger charge is -2.27. The Morgan fingerprint density at radius 1 is 1.08 bits per heavy atom. The molecule has 0 saturated carbocycles. The monoisotopic (exact) mass is 369 g/mol. The Labute approximate surface area is 139 Å². The zero-order valence-electron chi connectivity index (χ0n) is 12.9. The first-order chi connectivity index (χ1) is 11.4. The normalized spacial score (nSPS) is 27.4. The van der Waals surface area contributed by atoms with Gasteiger partial charge < -0.3 is 16.4 Å². The van der Waals surface area contributed by atoms with Crippen LogP contribution in [0.5, 0.6) is 0 Å². The molecule has 0 radical (unpaired) electrons. The first kappa shape index (κ1) is 19.4. The number of carbonyl (C=O) groups is 1. The van der Waals surface area contributed by atoms with E-state index in [1.807, 2.05) is 0 Å². The van der Waals surface area contributed by atoms with E-state index in [9.17, 15) is 31.1 Å². The van der Waals surface area contributed by atoms with E-state index in [0.717, 1.165) is 0 Å². The zero-order chi connectivity index (χ0) is 18.8. The van der Waals surface area contributed by atoms with Crippen LogP contribution in [-0.4, -0.2) is 36.5 Å². The molecule has 0 aromatic rings. The number of carbonyl (C=O) groups excluding carboxylic acids is 1. The van der Waals surface area contributed by atoms with Crippen molar-refractivity contribution in [3.63, 3.8) is 0 Å². The van der Waals surface area contributed by atoms with Crippen molar-refractivity contribution in [1.82, 2.24) is 10.6 Å². The van der Waals surface area contributed by atoms with Crippen LogP contribution in [0.2, 0.25) is 0 Å². The van der Waals surface area contributed by atoms with Crippen molar-refractivity contribution in [3.8, 4) is 0 Å². The summed E-state index contributed by atoms with van der Waals surface area (Å²) in [4.78, 5) is 11.9. The highest BCUT2D eigenvalue weighted by molar-refractivity contribution is 5.75. The lowest BCUT2D eigenvalue weighted by Crippen LogP contribution is -2.48. The minimum absolute atomic E-state index is 0.0684. The smallest absolute Gasteiger partial charge is 0.332 e. The van der Waals surface area contributed by atoms with Crippen molar-refractivity contribution in [1.29, 1.82) is 0 Å². The topological polar surface area (TPSA) is 67.1 Å². The maximum atomic E-state index is 12.8. The molecule has 2 rings (SSSR count). The molecule has 0 heterocycles. The Balaban J connectivity index is 2.06. The Morgan fingerprint density at radius 2 is 1.72 bits per heavy atom. The molecule has 0 aromatic heterocycles. The van der Waals surface area contributed by atoms with Crippen LogP contribution in [0.4, 0.5) is 31.1 Å². The van der Waals surface area contributed by atoms with Crippen molar-refractivity contribution in [2.24, 2.45) is 5.73 Å². The molecule has 0 aliphatic heterocycles. The first-order valence-corrected chi connectivity index (χ1v) is 7.51. The van der Waals surface area contributed by atoms with Gasteiger partial charge in [-0.15, -0.1) is 0 Å². The number of allylic oxidation sites excluding steroid dienone is 2. The molecule has 3 unspecified atom stereocenters. The summed E-state index contributed by atoms with van der Waals surface area (Å²) in [5.41, 5.74) is 2.95. The highest BCUT2D eigenvalue weighted by Crippen LogP contribution is 2.37. The van der Waals surface area contributed by atoms with E-state index in [4.69, 9.17) is 5.73 Å². The molecule has 10 heteroatoms. The van der Waals surface area contributed by atoms with Gasteiger partial charge in [-0.25, -0.2) is 4.79 Å². The lowest BCUT2D eigenvalue weighted by atomic mass is 9.94. The van der Waals surface area contributed by atoms with Crippen molar-refractivity contribution >= 4 is 6.03 Å². The predicted molar refractivity (Wildman–Crippen MR) is 78.5 cm³/mol. The van der Waals surface area contributed by atoms with Gasteiger partial charge in [-0.3, -0.25) is 0 Å². The average molecular weight is 369 g/mol. The molecule has 0 aromatic carbocycles. The van der Waals surface area contributed by atoms with Crippen molar-refractivity contribution in [2.45, 2.75) is 49.7 Å². The standard InChI is InChI=1S/C15H17F6N3O/c16-14(17,18)8-4-9(15(19,20)21)6-12(5-8)24-13(25)23-11-3-1-2-10(22)7-11/h1,3-5,10-12H,2,6-7,22H2,(H2,23,24,25). The molecule has 2 aliphatic carbocycles. The van der Waals surface area contributed by atoms with Gasteiger partial charge in [0.15, 0.2) is 0 Å². The number of rotatable bonds is 2. The molecule has 25 heavy (non-hydrogen) atoms. The number of nitrogens with one attached hydrogen (secondary N) is 2. The summed E-state index contributed by atoms with van der Waals surface area (Å²) in [5, 5.41) is 4.62. The van der Waals surface area contributed by atoms with Crippen LogP contribution in [0, 0.1) is 0 Å². The number of hydrogen-bond acceptors (Lipinski definition) is 2. The van der Waals surface area contributed by atoms with E-state index in [1.165, 1.54) is 0 Å². The van der Waals surface area contributed by atoms with Gasteiger partial charge in [-0.2, -0.15) is 26.3 Å². The van der Waals surface area contributed by atoms with E-state index in [-0.39, 0.29) is 12.1 Å². The maximum absolute atomic E-state index is 12.8. The summed E-state index contributed by atoms with van der Waals surface area (Å²) < 4.78 is 76.8. The fraction of sp³-hybridized carbons (Fsp3) is 0.533. The molecule has 0 fully saturated rings. The van der Waals surface area contributed by atoms with Gasteiger partial charge in [0.1, 0.15) is 0 Å². The van der Waals surface area contributed by atoms with E-state index in [1.54, 1.807) is 12.2 Å². The van der Waals surface area contributed by atoms with Gasteiger partial charge in [0.05, 0.1) is 17.7 Å². The van der Waals surface area contributed by atoms with Crippen LogP contribution in [0.25, 0.3) is 0 Å². The molecule has 140 valence electrons. The van der Waals surface area contributed by atoms with Crippen LogP contribution in [0.1, 0.15) is 19.3 Å². The fourth-order valence-electron chi connectivity index (χ4n) is 2.68. The molecule has 4 N–H and O–H groups in total. The van der Waals surface area contributed by atoms with Crippen molar-refractivity contribution < 1.29 is 31.1 Å². The maximum Gasteiger partial charge on any atom is 0.416 e. The van der Waals surface area contributed by atoms with Crippen LogP contribution in [0.3, 0.4) is 0 Å². The number of hydrogen-bond donors (Lipinski definition) is 3. The number of urea groups is 1. The SMILES string of the molecule is NC1CC=CC(NC(=O)NC2C=C(C(F)(F)F)C=C(C(F)(F)F)C2)C1. The third-order valence-corrected chi connectivity index (χ3v) is 3.84. The molecule has 3 atom stereocenters. The predicted octanol–water partition coefficient (Wildman–Crippen LogP) is 3.08. The Hall–Kier alpha value is -1.97. The highest BCUT2D eigenvalue weighted by atomic mass is 19.4. The number of alkyl halides is 6. The van der Waals surface area contributed by atoms with E-state index >= 15 is 0 Å². The molecular formula is C15H17F6N3O. The van der Waals surface area contributed by atoms with Gasteiger partial charge in [0, 0.05) is 18.0 Å². The third kappa shape index (κ3) is 5.52. The first-order valence-electron chi connectivity index (χ1n) is 7.51. The van der Waals surface area contributed by atoms with Crippen LogP contribution >= 0.6 is 0 Å². The number of halogens is 6. The van der Waals surface area contributed by atoms with Crippen LogP contribution < -0.4 is 16.4 Å². The Kier molecular flexibility index (Phi) is 5.50. The Bertz CT molecular complexity index is 605. The van der Waals surface area contributed by atoms with E-state index < -0.39 is 48.0 Å². The van der Waals surface area contributed by atoms with Gasteiger partial charge in [-0.1, -0.05) is 12.2 Å². The molecule has 4 nitrogen and oxygen atoms in total. The molecular weight excluding hydrogens is 352 g/mol. The largest absolute Gasteiger partial charge is 0.416 e. The minimum Gasteiger partial charge on any atom is -0.332 e. The second-order valence-electron chi connectivity index (χ2n) is 5.98. The second kappa shape index (κ2) is 7.11. The highest BCUT2D eigenvalue weighted by Gasteiger charge is 2.42. The van der Waals surface area contributed by atoms with Crippen molar-refractivity contribution in [2.75, 3.05) is 0 Å². The molecule has 0 saturated heterocycles. The van der Waals surface area contributed by atoms with E-state index in [2.05, 4.69) is 10.6 Å². The van der Waals surface area contributed by atoms with Crippen LogP contribution in [-0.2, 0) is 0 Å². The summed E-state index contributed by atoms with van der Waals surface area (Å²) in [6, 6.07) is -2.85. The van der Waals surface area contributed by atoms with Crippen LogP contribution in [0.15, 0.2) is 35.5 Å². The van der Waals surface area contributed by atoms with Gasteiger partial charge in [0.25, 0.3) is 0 Å². The summed E-state index contributed by atoms with van der Waals surface area (Å²) >= 11 is 0. The second-order valence-corrected chi connectivity index (χ2v) is 5.98. The number of amides is 2. The average Bonchev–Trinajstić information content (AvgIpc) is 2.44. The van der Waals surface area contributed by atoms with Gasteiger partial charge in [0.2, 0.25) is 0 Å². The third-order valence-electron chi connectivity index (χ3n) is 3.84. The minimum atomic E-state index is -4.94. The summed E-state index contributed by atoms with van der Waals surface area (Å²) in [6.07, 6.45) is -5.45. The van der Waals surface area contributed by atoms with E-state index in [0.29, 0.717) is 18.9 Å². The summed E-state index contributed by atoms with van der Waals surface area (Å²) in [6.45, 7) is 0. The zero-order valence-corrected chi connectivity index (χ0v) is 12.9.